The number of anilines is 1. The van der Waals surface area contributed by atoms with Gasteiger partial charge in [-0.3, -0.25) is 9.69 Å². The first-order valence-electron chi connectivity index (χ1n) is 12.6. The van der Waals surface area contributed by atoms with E-state index in [1.807, 2.05) is 42.6 Å². The zero-order valence-corrected chi connectivity index (χ0v) is 20.9. The number of aromatic nitrogens is 2. The number of hydrogen-bond acceptors (Lipinski definition) is 4. The van der Waals surface area contributed by atoms with E-state index in [0.717, 1.165) is 59.6 Å². The molecule has 0 saturated carbocycles. The van der Waals surface area contributed by atoms with Gasteiger partial charge in [-0.25, -0.2) is 0 Å². The van der Waals surface area contributed by atoms with Crippen LogP contribution in [0.5, 0.6) is 0 Å². The Kier molecular flexibility index (Phi) is 6.96. The molecule has 1 aliphatic heterocycles. The number of piperidine rings is 1. The van der Waals surface area contributed by atoms with Crippen LogP contribution in [0.15, 0.2) is 60.9 Å². The Hall–Kier alpha value is -3.39. The van der Waals surface area contributed by atoms with Crippen molar-refractivity contribution >= 4 is 22.5 Å². The zero-order valence-electron chi connectivity index (χ0n) is 20.9. The van der Waals surface area contributed by atoms with Crippen LogP contribution in [0.1, 0.15) is 40.5 Å². The summed E-state index contributed by atoms with van der Waals surface area (Å²) in [5.74, 6) is 0.0747. The molecule has 2 atom stereocenters. The van der Waals surface area contributed by atoms with Gasteiger partial charge in [-0.05, 0) is 78.2 Å². The highest BCUT2D eigenvalue weighted by Crippen LogP contribution is 2.25. The number of aromatic amines is 1. The molecule has 0 radical (unpaired) electrons. The Bertz CT molecular complexity index is 1370. The van der Waals surface area contributed by atoms with E-state index in [-0.39, 0.29) is 24.5 Å². The number of carbonyl (C=O) groups is 1. The summed E-state index contributed by atoms with van der Waals surface area (Å²) in [6.07, 6.45) is 5.21. The molecular weight excluding hydrogens is 452 g/mol. The second-order valence-corrected chi connectivity index (χ2v) is 10.1. The molecule has 1 aliphatic rings. The molecule has 0 spiro atoms. The molecule has 4 N–H and O–H groups in total. The van der Waals surface area contributed by atoms with Crippen molar-refractivity contribution in [1.82, 2.24) is 14.5 Å². The molecule has 7 nitrogen and oxygen atoms in total. The first-order valence-corrected chi connectivity index (χ1v) is 12.6. The monoisotopic (exact) mass is 486 g/mol. The third-order valence-electron chi connectivity index (χ3n) is 7.05. The van der Waals surface area contributed by atoms with Crippen LogP contribution in [0.4, 0.5) is 5.69 Å². The van der Waals surface area contributed by atoms with Gasteiger partial charge < -0.3 is 25.1 Å². The molecule has 5 rings (SSSR count). The van der Waals surface area contributed by atoms with Crippen molar-refractivity contribution in [3.8, 4) is 5.69 Å². The van der Waals surface area contributed by atoms with Gasteiger partial charge in [-0.15, -0.1) is 0 Å². The van der Waals surface area contributed by atoms with Crippen molar-refractivity contribution in [1.29, 1.82) is 0 Å². The smallest absolute Gasteiger partial charge is 0.255 e. The van der Waals surface area contributed by atoms with Crippen molar-refractivity contribution in [2.75, 3.05) is 25.0 Å². The number of fused-ring (bicyclic) bond motifs is 1. The minimum absolute atomic E-state index is 0.0800. The van der Waals surface area contributed by atoms with E-state index in [4.69, 9.17) is 0 Å². The zero-order chi connectivity index (χ0) is 25.2. The standard InChI is InChI=1S/C29H34N4O3/c1-19-5-9-33(16-19)26-12-21(18-32-8-6-28(35)20(2)17-32)11-25(15-26)31-29(36)23-4-3-22-13-24(7-10-34)30-27(22)14-23/h3-5,9,11-16,20,28,30,34-35H,6-8,10,17-18H2,1-2H3,(H,31,36). The highest BCUT2D eigenvalue weighted by Gasteiger charge is 2.24. The fourth-order valence-corrected chi connectivity index (χ4v) is 5.06. The molecule has 2 aromatic heterocycles. The molecule has 3 heterocycles. The molecule has 1 saturated heterocycles. The molecule has 36 heavy (non-hydrogen) atoms. The number of carbonyl (C=O) groups excluding carboxylic acids is 1. The third-order valence-corrected chi connectivity index (χ3v) is 7.05. The van der Waals surface area contributed by atoms with E-state index < -0.39 is 0 Å². The largest absolute Gasteiger partial charge is 0.396 e. The van der Waals surface area contributed by atoms with Crippen LogP contribution in [-0.2, 0) is 13.0 Å². The molecule has 1 fully saturated rings. The van der Waals surface area contributed by atoms with E-state index in [9.17, 15) is 15.0 Å². The van der Waals surface area contributed by atoms with Crippen LogP contribution >= 0.6 is 0 Å². The van der Waals surface area contributed by atoms with Gasteiger partial charge in [-0.1, -0.05) is 13.0 Å². The summed E-state index contributed by atoms with van der Waals surface area (Å²) in [6.45, 7) is 6.70. The van der Waals surface area contributed by atoms with Gasteiger partial charge in [-0.2, -0.15) is 0 Å². The Morgan fingerprint density at radius 3 is 2.78 bits per heavy atom. The van der Waals surface area contributed by atoms with Crippen molar-refractivity contribution in [3.63, 3.8) is 0 Å². The van der Waals surface area contributed by atoms with Crippen LogP contribution in [0.25, 0.3) is 16.6 Å². The summed E-state index contributed by atoms with van der Waals surface area (Å²) in [5, 5.41) is 23.4. The van der Waals surface area contributed by atoms with Gasteiger partial charge in [0.15, 0.2) is 0 Å². The number of nitrogens with zero attached hydrogens (tertiary/aromatic N) is 2. The minimum atomic E-state index is -0.234. The lowest BCUT2D eigenvalue weighted by atomic mass is 9.96. The minimum Gasteiger partial charge on any atom is -0.396 e. The van der Waals surface area contributed by atoms with Gasteiger partial charge in [0.25, 0.3) is 5.91 Å². The number of H-pyrrole nitrogens is 1. The molecule has 7 heteroatoms. The lowest BCUT2D eigenvalue weighted by molar-refractivity contribution is 0.0320. The summed E-state index contributed by atoms with van der Waals surface area (Å²) in [7, 11) is 0. The Morgan fingerprint density at radius 2 is 2.03 bits per heavy atom. The quantitative estimate of drug-likeness (QED) is 0.314. The summed E-state index contributed by atoms with van der Waals surface area (Å²) in [6, 6.07) is 15.9. The van der Waals surface area contributed by atoms with Crippen molar-refractivity contribution in [2.24, 2.45) is 5.92 Å². The number of nitrogens with one attached hydrogen (secondary N) is 2. The Morgan fingerprint density at radius 1 is 1.17 bits per heavy atom. The van der Waals surface area contributed by atoms with E-state index >= 15 is 0 Å². The van der Waals surface area contributed by atoms with Gasteiger partial charge in [0.05, 0.1) is 6.10 Å². The number of rotatable bonds is 7. The second kappa shape index (κ2) is 10.3. The summed E-state index contributed by atoms with van der Waals surface area (Å²) in [5.41, 5.74) is 6.43. The number of hydrogen-bond donors (Lipinski definition) is 4. The molecule has 1 amide bonds. The summed E-state index contributed by atoms with van der Waals surface area (Å²) >= 11 is 0. The fraction of sp³-hybridized carbons (Fsp3) is 0.345. The second-order valence-electron chi connectivity index (χ2n) is 10.1. The molecule has 0 aliphatic carbocycles. The average Bonchev–Trinajstić information content (AvgIpc) is 3.46. The van der Waals surface area contributed by atoms with Gasteiger partial charge in [0, 0.05) is 73.2 Å². The lowest BCUT2D eigenvalue weighted by Gasteiger charge is -2.34. The van der Waals surface area contributed by atoms with E-state index in [0.29, 0.717) is 12.0 Å². The maximum absolute atomic E-state index is 13.2. The number of likely N-dealkylation sites (tertiary alicyclic amines) is 1. The molecule has 2 aromatic carbocycles. The fourth-order valence-electron chi connectivity index (χ4n) is 5.06. The maximum Gasteiger partial charge on any atom is 0.255 e. The third kappa shape index (κ3) is 5.38. The lowest BCUT2D eigenvalue weighted by Crippen LogP contribution is -2.41. The number of aryl methyl sites for hydroxylation is 1. The SMILES string of the molecule is Cc1ccn(-c2cc(CN3CCC(O)C(C)C3)cc(NC(=O)c3ccc4cc(CCO)[nH]c4c3)c2)c1. The van der Waals surface area contributed by atoms with Crippen LogP contribution in [0.2, 0.25) is 0 Å². The summed E-state index contributed by atoms with van der Waals surface area (Å²) in [4.78, 5) is 18.9. The number of aliphatic hydroxyl groups is 2. The van der Waals surface area contributed by atoms with Crippen LogP contribution in [0, 0.1) is 12.8 Å². The van der Waals surface area contributed by atoms with Crippen LogP contribution in [-0.4, -0.2) is 56.4 Å². The van der Waals surface area contributed by atoms with Gasteiger partial charge >= 0.3 is 0 Å². The van der Waals surface area contributed by atoms with Crippen molar-refractivity contribution < 1.29 is 15.0 Å². The normalized spacial score (nSPS) is 18.6. The first-order chi connectivity index (χ1) is 17.4. The molecule has 188 valence electrons. The molecule has 4 aromatic rings. The highest BCUT2D eigenvalue weighted by atomic mass is 16.3. The number of amides is 1. The van der Waals surface area contributed by atoms with Gasteiger partial charge in [0.1, 0.15) is 0 Å². The molecule has 0 bridgehead atoms. The maximum atomic E-state index is 13.2. The van der Waals surface area contributed by atoms with Gasteiger partial charge in [0.2, 0.25) is 0 Å². The van der Waals surface area contributed by atoms with E-state index in [1.54, 1.807) is 0 Å². The van der Waals surface area contributed by atoms with E-state index in [1.165, 1.54) is 5.56 Å². The number of benzene rings is 2. The number of aliphatic hydroxyl groups excluding tert-OH is 2. The predicted octanol–water partition coefficient (Wildman–Crippen LogP) is 4.26. The topological polar surface area (TPSA) is 93.5 Å². The highest BCUT2D eigenvalue weighted by molar-refractivity contribution is 6.06. The molecule has 2 unspecified atom stereocenters. The Labute approximate surface area is 211 Å². The first kappa shape index (κ1) is 24.3. The Balaban J connectivity index is 1.40. The van der Waals surface area contributed by atoms with Crippen LogP contribution < -0.4 is 5.32 Å². The van der Waals surface area contributed by atoms with Crippen molar-refractivity contribution in [3.05, 3.63) is 83.3 Å². The van der Waals surface area contributed by atoms with Crippen LogP contribution in [0.3, 0.4) is 0 Å². The van der Waals surface area contributed by atoms with Crippen molar-refractivity contribution in [2.45, 2.75) is 39.3 Å². The predicted molar refractivity (Wildman–Crippen MR) is 143 cm³/mol. The summed E-state index contributed by atoms with van der Waals surface area (Å²) < 4.78 is 2.07. The molecular formula is C29H34N4O3. The van der Waals surface area contributed by atoms with E-state index in [2.05, 4.69) is 51.9 Å². The average molecular weight is 487 g/mol.